The minimum absolute atomic E-state index is 0.0111. The Labute approximate surface area is 119 Å². The Bertz CT molecular complexity index is 614. The maximum atomic E-state index is 10.9. The van der Waals surface area contributed by atoms with Crippen molar-refractivity contribution < 1.29 is 10.0 Å². The molecule has 1 aromatic heterocycles. The van der Waals surface area contributed by atoms with Gasteiger partial charge in [-0.2, -0.15) is 5.10 Å². The van der Waals surface area contributed by atoms with Crippen molar-refractivity contribution in [3.63, 3.8) is 0 Å². The number of nitrogens with one attached hydrogen (secondary N) is 1. The molecule has 7 nitrogen and oxygen atoms in total. The monoisotopic (exact) mass is 296 g/mol. The molecule has 20 heavy (non-hydrogen) atoms. The number of nitro benzene ring substituents is 1. The second-order valence-corrected chi connectivity index (χ2v) is 4.54. The summed E-state index contributed by atoms with van der Waals surface area (Å²) in [6.45, 7) is 0.826. The van der Waals surface area contributed by atoms with Crippen LogP contribution >= 0.6 is 11.6 Å². The van der Waals surface area contributed by atoms with E-state index in [1.807, 2.05) is 0 Å². The highest BCUT2D eigenvalue weighted by Crippen LogP contribution is 2.28. The maximum Gasteiger partial charge on any atom is 0.293 e. The van der Waals surface area contributed by atoms with Crippen LogP contribution in [0.4, 0.5) is 11.4 Å². The molecule has 0 spiro atoms. The van der Waals surface area contributed by atoms with Crippen molar-refractivity contribution in [1.29, 1.82) is 0 Å². The van der Waals surface area contributed by atoms with Crippen LogP contribution in [-0.4, -0.2) is 26.4 Å². The fraction of sp³-hybridized carbons (Fsp3) is 0.250. The highest BCUT2D eigenvalue weighted by Gasteiger charge is 2.14. The van der Waals surface area contributed by atoms with Gasteiger partial charge in [-0.3, -0.25) is 14.8 Å². The number of aliphatic hydroxyl groups excluding tert-OH is 1. The number of aliphatic hydroxyl groups is 1. The molecule has 0 aliphatic heterocycles. The summed E-state index contributed by atoms with van der Waals surface area (Å²) in [6.07, 6.45) is 3.41. The first-order valence-corrected chi connectivity index (χ1v) is 6.28. The quantitative estimate of drug-likeness (QED) is 0.628. The summed E-state index contributed by atoms with van der Waals surface area (Å²) in [7, 11) is 0. The summed E-state index contributed by atoms with van der Waals surface area (Å²) < 4.78 is 1.60. The first kappa shape index (κ1) is 14.3. The normalized spacial score (nSPS) is 10.5. The van der Waals surface area contributed by atoms with Gasteiger partial charge in [0.25, 0.3) is 5.69 Å². The number of hydrogen-bond acceptors (Lipinski definition) is 5. The Balaban J connectivity index is 2.08. The van der Waals surface area contributed by atoms with E-state index < -0.39 is 4.92 Å². The van der Waals surface area contributed by atoms with Gasteiger partial charge in [-0.15, -0.1) is 0 Å². The van der Waals surface area contributed by atoms with Crippen molar-refractivity contribution in [3.05, 3.63) is 51.3 Å². The lowest BCUT2D eigenvalue weighted by Gasteiger charge is -2.05. The predicted octanol–water partition coefficient (Wildman–Crippen LogP) is 2.05. The molecule has 0 atom stereocenters. The molecule has 0 bridgehead atoms. The highest BCUT2D eigenvalue weighted by atomic mass is 35.5. The Kier molecular flexibility index (Phi) is 4.54. The number of halogens is 1. The molecule has 0 radical (unpaired) electrons. The lowest BCUT2D eigenvalue weighted by molar-refractivity contribution is -0.383. The summed E-state index contributed by atoms with van der Waals surface area (Å²) >= 11 is 5.75. The molecule has 0 fully saturated rings. The van der Waals surface area contributed by atoms with Gasteiger partial charge in [-0.1, -0.05) is 11.6 Å². The zero-order valence-electron chi connectivity index (χ0n) is 10.5. The topological polar surface area (TPSA) is 93.2 Å². The Hall–Kier alpha value is -2.12. The zero-order valence-corrected chi connectivity index (χ0v) is 11.2. The van der Waals surface area contributed by atoms with E-state index in [1.54, 1.807) is 29.2 Å². The van der Waals surface area contributed by atoms with E-state index in [0.717, 1.165) is 5.56 Å². The van der Waals surface area contributed by atoms with E-state index in [9.17, 15) is 10.1 Å². The first-order valence-electron chi connectivity index (χ1n) is 5.90. The van der Waals surface area contributed by atoms with Gasteiger partial charge in [0, 0.05) is 29.4 Å². The second-order valence-electron chi connectivity index (χ2n) is 4.11. The molecule has 0 amide bonds. The van der Waals surface area contributed by atoms with E-state index in [1.165, 1.54) is 6.07 Å². The molecule has 1 heterocycles. The Morgan fingerprint density at radius 2 is 2.30 bits per heavy atom. The third-order valence-electron chi connectivity index (χ3n) is 2.66. The van der Waals surface area contributed by atoms with Crippen molar-refractivity contribution in [2.45, 2.75) is 13.1 Å². The maximum absolute atomic E-state index is 10.9. The van der Waals surface area contributed by atoms with Gasteiger partial charge in [0.15, 0.2) is 0 Å². The third-order valence-corrected chi connectivity index (χ3v) is 2.89. The molecular formula is C12H13ClN4O3. The number of nitro groups is 1. The van der Waals surface area contributed by atoms with Gasteiger partial charge in [0.2, 0.25) is 0 Å². The standard InChI is InChI=1S/C12H13ClN4O3/c13-10-1-2-11(12(5-10)17(19)20)14-6-9-7-15-16(8-9)3-4-18/h1-2,5,7-8,14,18H,3-4,6H2. The van der Waals surface area contributed by atoms with Gasteiger partial charge < -0.3 is 10.4 Å². The van der Waals surface area contributed by atoms with Crippen molar-refractivity contribution in [2.24, 2.45) is 0 Å². The summed E-state index contributed by atoms with van der Waals surface area (Å²) in [5.74, 6) is 0. The van der Waals surface area contributed by atoms with E-state index in [-0.39, 0.29) is 12.3 Å². The summed E-state index contributed by atoms with van der Waals surface area (Å²) in [5.41, 5.74) is 1.19. The van der Waals surface area contributed by atoms with Crippen LogP contribution in [0.2, 0.25) is 5.02 Å². The van der Waals surface area contributed by atoms with Gasteiger partial charge in [0.1, 0.15) is 5.69 Å². The van der Waals surface area contributed by atoms with Crippen molar-refractivity contribution >= 4 is 23.0 Å². The average Bonchev–Trinajstić information content (AvgIpc) is 2.85. The lowest BCUT2D eigenvalue weighted by atomic mass is 10.2. The molecular weight excluding hydrogens is 284 g/mol. The van der Waals surface area contributed by atoms with Crippen LogP contribution < -0.4 is 5.32 Å². The van der Waals surface area contributed by atoms with Crippen LogP contribution in [0.3, 0.4) is 0 Å². The molecule has 8 heteroatoms. The Morgan fingerprint density at radius 1 is 1.50 bits per heavy atom. The lowest BCUT2D eigenvalue weighted by Crippen LogP contribution is -2.03. The average molecular weight is 297 g/mol. The fourth-order valence-electron chi connectivity index (χ4n) is 1.73. The molecule has 0 saturated carbocycles. The van der Waals surface area contributed by atoms with Crippen molar-refractivity contribution in [1.82, 2.24) is 9.78 Å². The van der Waals surface area contributed by atoms with Gasteiger partial charge in [0.05, 0.1) is 24.3 Å². The number of nitrogens with zero attached hydrogens (tertiary/aromatic N) is 3. The molecule has 2 aromatic rings. The number of hydrogen-bond donors (Lipinski definition) is 2. The molecule has 2 rings (SSSR count). The second kappa shape index (κ2) is 6.36. The minimum atomic E-state index is -0.483. The Morgan fingerprint density at radius 3 is 3.00 bits per heavy atom. The number of aromatic nitrogens is 2. The molecule has 0 aliphatic carbocycles. The summed E-state index contributed by atoms with van der Waals surface area (Å²) in [5, 5.41) is 27.1. The van der Waals surface area contributed by atoms with Crippen LogP contribution in [0.25, 0.3) is 0 Å². The molecule has 0 unspecified atom stereocenters. The zero-order chi connectivity index (χ0) is 14.5. The van der Waals surface area contributed by atoms with Gasteiger partial charge >= 0.3 is 0 Å². The van der Waals surface area contributed by atoms with Crippen LogP contribution in [-0.2, 0) is 13.1 Å². The predicted molar refractivity (Wildman–Crippen MR) is 74.7 cm³/mol. The highest BCUT2D eigenvalue weighted by molar-refractivity contribution is 6.30. The van der Waals surface area contributed by atoms with E-state index in [2.05, 4.69) is 10.4 Å². The molecule has 0 aliphatic rings. The third kappa shape index (κ3) is 3.46. The molecule has 2 N–H and O–H groups in total. The molecule has 106 valence electrons. The number of benzene rings is 1. The van der Waals surface area contributed by atoms with E-state index in [4.69, 9.17) is 16.7 Å². The van der Waals surface area contributed by atoms with Crippen molar-refractivity contribution in [3.8, 4) is 0 Å². The van der Waals surface area contributed by atoms with E-state index >= 15 is 0 Å². The SMILES string of the molecule is O=[N+]([O-])c1cc(Cl)ccc1NCc1cnn(CCO)c1. The van der Waals surface area contributed by atoms with Crippen LogP contribution in [0.1, 0.15) is 5.56 Å². The first-order chi connectivity index (χ1) is 9.60. The summed E-state index contributed by atoms with van der Waals surface area (Å²) in [4.78, 5) is 10.5. The summed E-state index contributed by atoms with van der Waals surface area (Å²) in [6, 6.07) is 4.46. The largest absolute Gasteiger partial charge is 0.394 e. The van der Waals surface area contributed by atoms with Crippen LogP contribution in [0.15, 0.2) is 30.6 Å². The smallest absolute Gasteiger partial charge is 0.293 e. The van der Waals surface area contributed by atoms with Gasteiger partial charge in [-0.25, -0.2) is 0 Å². The van der Waals surface area contributed by atoms with Crippen LogP contribution in [0.5, 0.6) is 0 Å². The number of anilines is 1. The molecule has 0 saturated heterocycles. The molecule has 1 aromatic carbocycles. The van der Waals surface area contributed by atoms with Crippen LogP contribution in [0, 0.1) is 10.1 Å². The number of rotatable bonds is 6. The fourth-order valence-corrected chi connectivity index (χ4v) is 1.89. The van der Waals surface area contributed by atoms with Gasteiger partial charge in [-0.05, 0) is 12.1 Å². The van der Waals surface area contributed by atoms with E-state index in [0.29, 0.717) is 23.8 Å². The minimum Gasteiger partial charge on any atom is -0.394 e. The van der Waals surface area contributed by atoms with Crippen molar-refractivity contribution in [2.75, 3.05) is 11.9 Å².